The highest BCUT2D eigenvalue weighted by Gasteiger charge is 2.18. The van der Waals surface area contributed by atoms with E-state index in [0.29, 0.717) is 0 Å². The van der Waals surface area contributed by atoms with Crippen molar-refractivity contribution in [2.24, 2.45) is 0 Å². The number of fused-ring (bicyclic) bond motifs is 2. The van der Waals surface area contributed by atoms with Gasteiger partial charge in [0.2, 0.25) is 0 Å². The highest BCUT2D eigenvalue weighted by atomic mass is 14.2. The number of hydrogen-bond acceptors (Lipinski definition) is 0. The van der Waals surface area contributed by atoms with Crippen LogP contribution in [0.15, 0.2) is 104 Å². The first-order valence-corrected chi connectivity index (χ1v) is 13.0. The summed E-state index contributed by atoms with van der Waals surface area (Å²) < 4.78 is 0. The van der Waals surface area contributed by atoms with Crippen LogP contribution in [0, 0.1) is 6.92 Å². The van der Waals surface area contributed by atoms with Gasteiger partial charge in [0.15, 0.2) is 0 Å². The zero-order valence-electron chi connectivity index (χ0n) is 21.3. The summed E-state index contributed by atoms with van der Waals surface area (Å²) in [5.74, 6) is 0. The van der Waals surface area contributed by atoms with E-state index < -0.39 is 0 Å². The van der Waals surface area contributed by atoms with E-state index in [1.807, 2.05) is 12.2 Å². The Kier molecular flexibility index (Phi) is 5.94. The SMILES string of the molecule is C=Cc1c(C=C)c(-c2cccc(-c3ccc4ccccc4c3)c2)c2c(c1-c1cccc(C)c1)=CCCC=2. The van der Waals surface area contributed by atoms with Crippen LogP contribution in [0.1, 0.15) is 29.5 Å². The molecule has 6 rings (SSSR count). The minimum Gasteiger partial charge on any atom is -0.0984 e. The van der Waals surface area contributed by atoms with Crippen molar-refractivity contribution in [3.63, 3.8) is 0 Å². The minimum absolute atomic E-state index is 1.04. The van der Waals surface area contributed by atoms with Crippen molar-refractivity contribution in [2.75, 3.05) is 0 Å². The molecule has 0 spiro atoms. The van der Waals surface area contributed by atoms with E-state index in [2.05, 4.69) is 123 Å². The van der Waals surface area contributed by atoms with E-state index in [1.165, 1.54) is 60.2 Å². The van der Waals surface area contributed by atoms with Crippen molar-refractivity contribution in [1.29, 1.82) is 0 Å². The van der Waals surface area contributed by atoms with Crippen LogP contribution in [-0.2, 0) is 0 Å². The summed E-state index contributed by atoms with van der Waals surface area (Å²) in [6, 6.07) is 33.0. The van der Waals surface area contributed by atoms with E-state index in [1.54, 1.807) is 0 Å². The Morgan fingerprint density at radius 3 is 1.76 bits per heavy atom. The van der Waals surface area contributed by atoms with Gasteiger partial charge in [0.25, 0.3) is 0 Å². The fourth-order valence-corrected chi connectivity index (χ4v) is 5.78. The summed E-state index contributed by atoms with van der Waals surface area (Å²) in [4.78, 5) is 0. The van der Waals surface area contributed by atoms with E-state index >= 15 is 0 Å². The van der Waals surface area contributed by atoms with Crippen molar-refractivity contribution in [3.8, 4) is 33.4 Å². The molecule has 5 aromatic carbocycles. The quantitative estimate of drug-likeness (QED) is 0.239. The molecule has 0 radical (unpaired) electrons. The molecule has 0 aromatic heterocycles. The van der Waals surface area contributed by atoms with Gasteiger partial charge in [0.1, 0.15) is 0 Å². The third-order valence-electron chi connectivity index (χ3n) is 7.47. The Morgan fingerprint density at radius 1 is 0.541 bits per heavy atom. The number of hydrogen-bond donors (Lipinski definition) is 0. The molecule has 0 atom stereocenters. The normalized spacial score (nSPS) is 12.4. The first-order valence-electron chi connectivity index (χ1n) is 13.0. The Morgan fingerprint density at radius 2 is 1.11 bits per heavy atom. The van der Waals surface area contributed by atoms with Crippen molar-refractivity contribution >= 4 is 35.1 Å². The molecule has 0 bridgehead atoms. The molecule has 0 heteroatoms. The maximum atomic E-state index is 4.27. The van der Waals surface area contributed by atoms with Crippen molar-refractivity contribution in [1.82, 2.24) is 0 Å². The Bertz CT molecular complexity index is 1810. The largest absolute Gasteiger partial charge is 0.0984 e. The zero-order valence-corrected chi connectivity index (χ0v) is 21.3. The van der Waals surface area contributed by atoms with Gasteiger partial charge in [-0.05, 0) is 97.6 Å². The maximum absolute atomic E-state index is 4.27. The van der Waals surface area contributed by atoms with Gasteiger partial charge in [-0.25, -0.2) is 0 Å². The molecule has 5 aromatic rings. The summed E-state index contributed by atoms with van der Waals surface area (Å²) >= 11 is 0. The molecule has 0 fully saturated rings. The topological polar surface area (TPSA) is 0 Å². The second kappa shape index (κ2) is 9.56. The smallest absolute Gasteiger partial charge is 0.00297 e. The average molecular weight is 475 g/mol. The van der Waals surface area contributed by atoms with E-state index in [9.17, 15) is 0 Å². The molecule has 178 valence electrons. The molecular formula is C37H30. The Balaban J connectivity index is 1.63. The van der Waals surface area contributed by atoms with Crippen LogP contribution in [-0.4, -0.2) is 0 Å². The summed E-state index contributed by atoms with van der Waals surface area (Å²) in [6.45, 7) is 10.7. The van der Waals surface area contributed by atoms with Gasteiger partial charge in [0, 0.05) is 0 Å². The first-order chi connectivity index (χ1) is 18.2. The molecular weight excluding hydrogens is 444 g/mol. The lowest BCUT2D eigenvalue weighted by molar-refractivity contribution is 1.12. The molecule has 1 aliphatic rings. The van der Waals surface area contributed by atoms with Crippen LogP contribution in [0.3, 0.4) is 0 Å². The van der Waals surface area contributed by atoms with Gasteiger partial charge >= 0.3 is 0 Å². The number of rotatable bonds is 5. The summed E-state index contributed by atoms with van der Waals surface area (Å²) in [5.41, 5.74) is 10.9. The lowest BCUT2D eigenvalue weighted by atomic mass is 9.83. The highest BCUT2D eigenvalue weighted by Crippen LogP contribution is 2.34. The fourth-order valence-electron chi connectivity index (χ4n) is 5.78. The van der Waals surface area contributed by atoms with Crippen molar-refractivity contribution in [2.45, 2.75) is 19.8 Å². The second-order valence-electron chi connectivity index (χ2n) is 9.81. The van der Waals surface area contributed by atoms with E-state index in [4.69, 9.17) is 0 Å². The number of benzene rings is 5. The minimum atomic E-state index is 1.04. The van der Waals surface area contributed by atoms with E-state index in [-0.39, 0.29) is 0 Å². The van der Waals surface area contributed by atoms with Crippen LogP contribution >= 0.6 is 0 Å². The lowest BCUT2D eigenvalue weighted by Gasteiger charge is -2.20. The van der Waals surface area contributed by atoms with Crippen molar-refractivity contribution < 1.29 is 0 Å². The molecule has 0 amide bonds. The number of aryl methyl sites for hydroxylation is 1. The van der Waals surface area contributed by atoms with Crippen LogP contribution < -0.4 is 10.4 Å². The predicted molar refractivity (Wildman–Crippen MR) is 163 cm³/mol. The third-order valence-corrected chi connectivity index (χ3v) is 7.47. The van der Waals surface area contributed by atoms with Gasteiger partial charge < -0.3 is 0 Å². The Labute approximate surface area is 219 Å². The third kappa shape index (κ3) is 4.05. The van der Waals surface area contributed by atoms with Crippen LogP contribution in [0.2, 0.25) is 0 Å². The summed E-state index contributed by atoms with van der Waals surface area (Å²) in [7, 11) is 0. The van der Waals surface area contributed by atoms with Gasteiger partial charge in [-0.15, -0.1) is 0 Å². The monoisotopic (exact) mass is 474 g/mol. The average Bonchev–Trinajstić information content (AvgIpc) is 2.95. The van der Waals surface area contributed by atoms with Crippen LogP contribution in [0.25, 0.3) is 68.5 Å². The zero-order chi connectivity index (χ0) is 25.4. The highest BCUT2D eigenvalue weighted by molar-refractivity contribution is 5.92. The molecule has 0 nitrogen and oxygen atoms in total. The predicted octanol–water partition coefficient (Wildman–Crippen LogP) is 8.79. The van der Waals surface area contributed by atoms with Gasteiger partial charge in [-0.2, -0.15) is 0 Å². The Hall–Kier alpha value is -4.42. The second-order valence-corrected chi connectivity index (χ2v) is 9.81. The van der Waals surface area contributed by atoms with Crippen LogP contribution in [0.5, 0.6) is 0 Å². The van der Waals surface area contributed by atoms with Crippen LogP contribution in [0.4, 0.5) is 0 Å². The molecule has 37 heavy (non-hydrogen) atoms. The molecule has 1 aliphatic carbocycles. The molecule has 0 aliphatic heterocycles. The molecule has 0 unspecified atom stereocenters. The summed E-state index contributed by atoms with van der Waals surface area (Å²) in [6.07, 6.45) is 10.9. The van der Waals surface area contributed by atoms with Crippen molar-refractivity contribution in [3.05, 3.63) is 131 Å². The van der Waals surface area contributed by atoms with Gasteiger partial charge in [-0.1, -0.05) is 122 Å². The van der Waals surface area contributed by atoms with E-state index in [0.717, 1.165) is 24.0 Å². The molecule has 0 saturated carbocycles. The first kappa shape index (κ1) is 23.0. The molecule has 0 heterocycles. The summed E-state index contributed by atoms with van der Waals surface area (Å²) in [5, 5.41) is 5.13. The lowest BCUT2D eigenvalue weighted by Crippen LogP contribution is -2.33. The maximum Gasteiger partial charge on any atom is -0.00297 e. The molecule has 0 saturated heterocycles. The fraction of sp³-hybridized carbons (Fsp3) is 0.0811. The van der Waals surface area contributed by atoms with Gasteiger partial charge in [0.05, 0.1) is 0 Å². The standard InChI is InChI=1S/C37H30/c1-4-32-33(5-2)37(35-19-9-8-18-34(35)36(32)30-16-10-12-25(3)22-30)31-17-11-15-28(24-31)29-21-20-26-13-6-7-14-27(26)23-29/h4-7,10-24H,1-2,8-9H2,3H3. The van der Waals surface area contributed by atoms with Gasteiger partial charge in [-0.3, -0.25) is 0 Å². The molecule has 0 N–H and O–H groups in total.